The van der Waals surface area contributed by atoms with Gasteiger partial charge in [0.15, 0.2) is 0 Å². The second-order valence-corrected chi connectivity index (χ2v) is 3.71. The van der Waals surface area contributed by atoms with Gasteiger partial charge in [0.05, 0.1) is 0 Å². The van der Waals surface area contributed by atoms with Crippen LogP contribution in [0.2, 0.25) is 0 Å². The molecule has 0 amide bonds. The van der Waals surface area contributed by atoms with Gasteiger partial charge < -0.3 is 5.32 Å². The molecule has 0 aromatic carbocycles. The molecular weight excluding hydrogens is 154 g/mol. The van der Waals surface area contributed by atoms with Gasteiger partial charge in [-0.15, -0.1) is 11.8 Å². The van der Waals surface area contributed by atoms with Crippen LogP contribution in [0.25, 0.3) is 0 Å². The van der Waals surface area contributed by atoms with Gasteiger partial charge in [-0.05, 0) is 19.1 Å². The largest absolute Gasteiger partial charge is 0.365 e. The molecule has 0 atom stereocenters. The first-order chi connectivity index (χ1) is 5.07. The summed E-state index contributed by atoms with van der Waals surface area (Å²) in [6.45, 7) is 10.1. The smallest absolute Gasteiger partial charge is 0.0105 e. The Morgan fingerprint density at radius 3 is 2.36 bits per heavy atom. The zero-order valence-electron chi connectivity index (χ0n) is 7.77. The van der Waals surface area contributed by atoms with Gasteiger partial charge in [-0.25, -0.2) is 0 Å². The third kappa shape index (κ3) is 4.96. The third-order valence-electron chi connectivity index (χ3n) is 1.27. The topological polar surface area (TPSA) is 12.0 Å². The third-order valence-corrected chi connectivity index (χ3v) is 2.33. The van der Waals surface area contributed by atoms with Crippen LogP contribution in [0.1, 0.15) is 20.8 Å². The van der Waals surface area contributed by atoms with Crippen molar-refractivity contribution in [3.8, 4) is 0 Å². The average molecular weight is 171 g/mol. The summed E-state index contributed by atoms with van der Waals surface area (Å²) in [7, 11) is 0. The molecule has 0 heterocycles. The monoisotopic (exact) mass is 171 g/mol. The zero-order valence-corrected chi connectivity index (χ0v) is 8.59. The van der Waals surface area contributed by atoms with E-state index < -0.39 is 0 Å². The van der Waals surface area contributed by atoms with E-state index in [2.05, 4.69) is 32.0 Å². The second-order valence-electron chi connectivity index (χ2n) is 2.83. The Morgan fingerprint density at radius 1 is 1.55 bits per heavy atom. The van der Waals surface area contributed by atoms with E-state index in [0.29, 0.717) is 5.92 Å². The number of thioether (sulfide) groups is 1. The summed E-state index contributed by atoms with van der Waals surface area (Å²) in [6, 6.07) is 0. The second kappa shape index (κ2) is 5.30. The molecule has 0 rings (SSSR count). The van der Waals surface area contributed by atoms with Crippen molar-refractivity contribution >= 4 is 11.8 Å². The van der Waals surface area contributed by atoms with Crippen LogP contribution in [0, 0.1) is 5.92 Å². The lowest BCUT2D eigenvalue weighted by molar-refractivity contribution is 0.806. The highest BCUT2D eigenvalue weighted by atomic mass is 32.2. The van der Waals surface area contributed by atoms with Crippen LogP contribution in [0.4, 0.5) is 0 Å². The summed E-state index contributed by atoms with van der Waals surface area (Å²) in [5.74, 6) is 0.594. The number of nitrogens with one attached hydrogen (secondary N) is 1. The van der Waals surface area contributed by atoms with Crippen molar-refractivity contribution in [3.63, 3.8) is 0 Å². The molecular formula is C9H17NS. The summed E-state index contributed by atoms with van der Waals surface area (Å²) in [5.41, 5.74) is 0.984. The van der Waals surface area contributed by atoms with Crippen LogP contribution in [0.5, 0.6) is 0 Å². The van der Waals surface area contributed by atoms with Crippen molar-refractivity contribution in [2.75, 3.05) is 6.26 Å². The highest BCUT2D eigenvalue weighted by molar-refractivity contribution is 8.02. The maximum atomic E-state index is 3.76. The molecule has 0 bridgehead atoms. The maximum absolute atomic E-state index is 3.76. The van der Waals surface area contributed by atoms with E-state index >= 15 is 0 Å². The summed E-state index contributed by atoms with van der Waals surface area (Å²) < 4.78 is 0. The quantitative estimate of drug-likeness (QED) is 0.698. The first kappa shape index (κ1) is 10.6. The molecule has 1 N–H and O–H groups in total. The Kier molecular flexibility index (Phi) is 5.12. The minimum Gasteiger partial charge on any atom is -0.365 e. The van der Waals surface area contributed by atoms with E-state index in [-0.39, 0.29) is 0 Å². The van der Waals surface area contributed by atoms with Crippen molar-refractivity contribution in [3.05, 3.63) is 23.4 Å². The van der Waals surface area contributed by atoms with Crippen LogP contribution in [0.3, 0.4) is 0 Å². The standard InChI is InChI=1S/C9H17NS/c1-7(2)9(11-5)6-10-8(3)4/h6-7,10H,3H2,1-2,4-5H3/b9-6-. The van der Waals surface area contributed by atoms with Crippen LogP contribution >= 0.6 is 11.8 Å². The van der Waals surface area contributed by atoms with Gasteiger partial charge in [-0.3, -0.25) is 0 Å². The van der Waals surface area contributed by atoms with Crippen molar-refractivity contribution < 1.29 is 0 Å². The molecule has 0 saturated heterocycles. The Hall–Kier alpha value is -0.370. The lowest BCUT2D eigenvalue weighted by atomic mass is 10.2. The van der Waals surface area contributed by atoms with Crippen LogP contribution in [-0.2, 0) is 0 Å². The molecule has 0 unspecified atom stereocenters. The molecule has 0 aromatic rings. The number of rotatable bonds is 4. The van der Waals surface area contributed by atoms with E-state index in [0.717, 1.165) is 5.70 Å². The van der Waals surface area contributed by atoms with Gasteiger partial charge in [0.2, 0.25) is 0 Å². The van der Waals surface area contributed by atoms with Crippen molar-refractivity contribution in [2.45, 2.75) is 20.8 Å². The molecule has 0 aliphatic heterocycles. The predicted octanol–water partition coefficient (Wildman–Crippen LogP) is 2.97. The van der Waals surface area contributed by atoms with Crippen molar-refractivity contribution in [1.82, 2.24) is 5.32 Å². The predicted molar refractivity (Wildman–Crippen MR) is 54.4 cm³/mol. The molecule has 0 aliphatic carbocycles. The van der Waals surface area contributed by atoms with Gasteiger partial charge >= 0.3 is 0 Å². The summed E-state index contributed by atoms with van der Waals surface area (Å²) >= 11 is 1.78. The molecule has 0 aliphatic rings. The van der Waals surface area contributed by atoms with Crippen LogP contribution in [0.15, 0.2) is 23.4 Å². The highest BCUT2D eigenvalue weighted by Gasteiger charge is 1.99. The lowest BCUT2D eigenvalue weighted by Gasteiger charge is -2.08. The fourth-order valence-corrected chi connectivity index (χ4v) is 1.30. The Bertz CT molecular complexity index is 159. The zero-order chi connectivity index (χ0) is 8.85. The van der Waals surface area contributed by atoms with Gasteiger partial charge in [0.25, 0.3) is 0 Å². The molecule has 0 radical (unpaired) electrons. The van der Waals surface area contributed by atoms with E-state index in [1.165, 1.54) is 4.91 Å². The van der Waals surface area contributed by atoms with Gasteiger partial charge in [-0.1, -0.05) is 20.4 Å². The number of hydrogen-bond acceptors (Lipinski definition) is 2. The minimum atomic E-state index is 0.594. The highest BCUT2D eigenvalue weighted by Crippen LogP contribution is 2.19. The van der Waals surface area contributed by atoms with Crippen molar-refractivity contribution in [2.24, 2.45) is 5.92 Å². The molecule has 0 aromatic heterocycles. The lowest BCUT2D eigenvalue weighted by Crippen LogP contribution is -2.02. The Morgan fingerprint density at radius 2 is 2.09 bits per heavy atom. The Labute approximate surface area is 74.0 Å². The van der Waals surface area contributed by atoms with E-state index in [1.54, 1.807) is 11.8 Å². The van der Waals surface area contributed by atoms with E-state index in [9.17, 15) is 0 Å². The average Bonchev–Trinajstić information content (AvgIpc) is 1.87. The maximum Gasteiger partial charge on any atom is 0.0105 e. The molecule has 11 heavy (non-hydrogen) atoms. The SMILES string of the molecule is C=C(C)N/C=C(\SC)C(C)C. The summed E-state index contributed by atoms with van der Waals surface area (Å²) in [6.07, 6.45) is 4.11. The molecule has 64 valence electrons. The molecule has 0 spiro atoms. The number of allylic oxidation sites excluding steroid dienone is 2. The van der Waals surface area contributed by atoms with Gasteiger partial charge in [0.1, 0.15) is 0 Å². The summed E-state index contributed by atoms with van der Waals surface area (Å²) in [5, 5.41) is 3.10. The first-order valence-electron chi connectivity index (χ1n) is 3.74. The van der Waals surface area contributed by atoms with Gasteiger partial charge in [-0.2, -0.15) is 0 Å². The minimum absolute atomic E-state index is 0.594. The van der Waals surface area contributed by atoms with E-state index in [1.807, 2.05) is 13.1 Å². The molecule has 1 nitrogen and oxygen atoms in total. The molecule has 0 fully saturated rings. The number of hydrogen-bond donors (Lipinski definition) is 1. The molecule has 2 heteroatoms. The van der Waals surface area contributed by atoms with Gasteiger partial charge in [0, 0.05) is 16.8 Å². The fraction of sp³-hybridized carbons (Fsp3) is 0.556. The Balaban J connectivity index is 4.01. The van der Waals surface area contributed by atoms with Crippen molar-refractivity contribution in [1.29, 1.82) is 0 Å². The van der Waals surface area contributed by atoms with Crippen LogP contribution < -0.4 is 5.32 Å². The van der Waals surface area contributed by atoms with Crippen LogP contribution in [-0.4, -0.2) is 6.26 Å². The summed E-state index contributed by atoms with van der Waals surface area (Å²) in [4.78, 5) is 1.35. The normalized spacial score (nSPS) is 11.9. The fourth-order valence-electron chi connectivity index (χ4n) is 0.656. The first-order valence-corrected chi connectivity index (χ1v) is 4.96. The van der Waals surface area contributed by atoms with E-state index in [4.69, 9.17) is 0 Å². The molecule has 0 saturated carbocycles.